The summed E-state index contributed by atoms with van der Waals surface area (Å²) in [7, 11) is 0. The number of hydrogen-bond donors (Lipinski definition) is 0. The van der Waals surface area contributed by atoms with Crippen LogP contribution in [0.5, 0.6) is 11.5 Å². The van der Waals surface area contributed by atoms with Crippen molar-refractivity contribution in [3.63, 3.8) is 0 Å². The molecule has 3 aromatic heterocycles. The van der Waals surface area contributed by atoms with Crippen molar-refractivity contribution in [1.82, 2.24) is 19.1 Å². The molecule has 48 heavy (non-hydrogen) atoms. The van der Waals surface area contributed by atoms with Crippen molar-refractivity contribution in [1.29, 1.82) is 5.26 Å². The van der Waals surface area contributed by atoms with Gasteiger partial charge >= 0.3 is 0 Å². The molecule has 3 heterocycles. The SMILES string of the molecule is Cc1ccc(C#N)cc1-c1ccc2c(c1)c1ccc(Oc3cccc(-n4cnc5ccccc54)c3)cc1n2-c1cc(C(C)(C)C)ccn1. The van der Waals surface area contributed by atoms with Crippen LogP contribution in [0.25, 0.3) is 55.5 Å². The van der Waals surface area contributed by atoms with Crippen LogP contribution in [-0.2, 0) is 5.41 Å². The van der Waals surface area contributed by atoms with Crippen molar-refractivity contribution < 1.29 is 4.74 Å². The summed E-state index contributed by atoms with van der Waals surface area (Å²) < 4.78 is 10.8. The lowest BCUT2D eigenvalue weighted by atomic mass is 9.88. The van der Waals surface area contributed by atoms with Crippen LogP contribution >= 0.6 is 0 Å². The lowest BCUT2D eigenvalue weighted by Crippen LogP contribution is -2.12. The van der Waals surface area contributed by atoms with Gasteiger partial charge in [-0.3, -0.25) is 9.13 Å². The van der Waals surface area contributed by atoms with Gasteiger partial charge in [-0.25, -0.2) is 9.97 Å². The highest BCUT2D eigenvalue weighted by atomic mass is 16.5. The van der Waals surface area contributed by atoms with Crippen LogP contribution in [0.2, 0.25) is 0 Å². The zero-order valence-electron chi connectivity index (χ0n) is 27.3. The Kier molecular flexibility index (Phi) is 6.85. The molecule has 0 atom stereocenters. The van der Waals surface area contributed by atoms with E-state index in [9.17, 15) is 5.26 Å². The van der Waals surface area contributed by atoms with E-state index in [1.807, 2.05) is 73.2 Å². The maximum Gasteiger partial charge on any atom is 0.137 e. The molecular weight excluding hydrogens is 590 g/mol. The van der Waals surface area contributed by atoms with Gasteiger partial charge in [0.2, 0.25) is 0 Å². The number of imidazole rings is 1. The van der Waals surface area contributed by atoms with Gasteiger partial charge in [-0.1, -0.05) is 51.1 Å². The average Bonchev–Trinajstić information content (AvgIpc) is 3.67. The zero-order valence-corrected chi connectivity index (χ0v) is 27.3. The maximum atomic E-state index is 9.58. The van der Waals surface area contributed by atoms with Crippen LogP contribution in [0.3, 0.4) is 0 Å². The first-order valence-corrected chi connectivity index (χ1v) is 16.0. The highest BCUT2D eigenvalue weighted by molar-refractivity contribution is 6.10. The summed E-state index contributed by atoms with van der Waals surface area (Å²) in [5.41, 5.74) is 10.1. The molecule has 0 saturated carbocycles. The normalized spacial score (nSPS) is 11.7. The Bertz CT molecular complexity index is 2560. The molecule has 0 aliphatic rings. The second-order valence-electron chi connectivity index (χ2n) is 13.2. The molecule has 232 valence electrons. The summed E-state index contributed by atoms with van der Waals surface area (Å²) in [6.07, 6.45) is 3.74. The van der Waals surface area contributed by atoms with E-state index < -0.39 is 0 Å². The number of aryl methyl sites for hydroxylation is 1. The smallest absolute Gasteiger partial charge is 0.137 e. The van der Waals surface area contributed by atoms with Crippen molar-refractivity contribution in [2.75, 3.05) is 0 Å². The van der Waals surface area contributed by atoms with Crippen LogP contribution in [0.1, 0.15) is 37.5 Å². The molecule has 0 unspecified atom stereocenters. The minimum absolute atomic E-state index is 0.0350. The second kappa shape index (κ2) is 11.3. The van der Waals surface area contributed by atoms with Crippen molar-refractivity contribution in [3.8, 4) is 40.2 Å². The van der Waals surface area contributed by atoms with Crippen LogP contribution < -0.4 is 4.74 Å². The molecule has 0 radical (unpaired) electrons. The summed E-state index contributed by atoms with van der Waals surface area (Å²) in [5, 5.41) is 11.8. The predicted octanol–water partition coefficient (Wildman–Crippen LogP) is 10.5. The van der Waals surface area contributed by atoms with Gasteiger partial charge in [0.05, 0.1) is 39.4 Å². The number of para-hydroxylation sites is 2. The molecule has 0 fully saturated rings. The lowest BCUT2D eigenvalue weighted by molar-refractivity contribution is 0.483. The van der Waals surface area contributed by atoms with E-state index in [1.165, 1.54) is 5.56 Å². The third kappa shape index (κ3) is 5.06. The van der Waals surface area contributed by atoms with E-state index in [-0.39, 0.29) is 5.41 Å². The number of benzene rings is 5. The molecule has 5 aromatic carbocycles. The molecule has 0 N–H and O–H groups in total. The molecule has 8 rings (SSSR count). The quantitative estimate of drug-likeness (QED) is 0.191. The molecule has 8 aromatic rings. The highest BCUT2D eigenvalue weighted by Crippen LogP contribution is 2.38. The Morgan fingerprint density at radius 2 is 1.56 bits per heavy atom. The third-order valence-electron chi connectivity index (χ3n) is 9.04. The molecule has 6 nitrogen and oxygen atoms in total. The summed E-state index contributed by atoms with van der Waals surface area (Å²) in [6, 6.07) is 41.4. The Morgan fingerprint density at radius 1 is 0.708 bits per heavy atom. The largest absolute Gasteiger partial charge is 0.457 e. The number of pyridine rings is 1. The van der Waals surface area contributed by atoms with Crippen LogP contribution in [0.15, 0.2) is 128 Å². The minimum Gasteiger partial charge on any atom is -0.457 e. The molecule has 0 aliphatic heterocycles. The van der Waals surface area contributed by atoms with E-state index in [0.29, 0.717) is 5.56 Å². The number of rotatable bonds is 5. The van der Waals surface area contributed by atoms with E-state index in [1.54, 1.807) is 0 Å². The molecule has 0 aliphatic carbocycles. The Hall–Kier alpha value is -6.19. The van der Waals surface area contributed by atoms with Gasteiger partial charge in [0, 0.05) is 29.1 Å². The van der Waals surface area contributed by atoms with Crippen molar-refractivity contribution in [2.24, 2.45) is 0 Å². The fourth-order valence-corrected chi connectivity index (χ4v) is 6.49. The average molecular weight is 624 g/mol. The minimum atomic E-state index is -0.0350. The summed E-state index contributed by atoms with van der Waals surface area (Å²) in [5.74, 6) is 2.31. The number of ether oxygens (including phenoxy) is 1. The first kappa shape index (κ1) is 29.2. The maximum absolute atomic E-state index is 9.58. The Labute approximate surface area is 279 Å². The molecule has 0 spiro atoms. The number of nitriles is 1. The van der Waals surface area contributed by atoms with Crippen molar-refractivity contribution in [2.45, 2.75) is 33.1 Å². The number of fused-ring (bicyclic) bond motifs is 4. The van der Waals surface area contributed by atoms with Gasteiger partial charge in [-0.2, -0.15) is 5.26 Å². The topological polar surface area (TPSA) is 68.7 Å². The summed E-state index contributed by atoms with van der Waals surface area (Å²) >= 11 is 0. The number of nitrogens with zero attached hydrogens (tertiary/aromatic N) is 5. The van der Waals surface area contributed by atoms with Crippen LogP contribution in [0.4, 0.5) is 0 Å². The fraction of sp³-hybridized carbons (Fsp3) is 0.119. The van der Waals surface area contributed by atoms with Crippen molar-refractivity contribution >= 4 is 32.8 Å². The molecule has 0 amide bonds. The van der Waals surface area contributed by atoms with Crippen LogP contribution in [0, 0.1) is 18.3 Å². The summed E-state index contributed by atoms with van der Waals surface area (Å²) in [6.45, 7) is 8.73. The standard InChI is InChI=1S/C42H33N5O/c1-27-12-13-28(25-43)20-35(27)29-14-17-38-36(21-29)34-16-15-33(24-40(34)47(38)41-22-30(18-19-44-41)42(2,3)4)48-32-9-7-8-31(23-32)46-26-45-37-10-5-6-11-39(37)46/h5-24,26H,1-4H3. The summed E-state index contributed by atoms with van der Waals surface area (Å²) in [4.78, 5) is 9.43. The van der Waals surface area contributed by atoms with Crippen LogP contribution in [-0.4, -0.2) is 19.1 Å². The zero-order chi connectivity index (χ0) is 33.0. The predicted molar refractivity (Wildman–Crippen MR) is 193 cm³/mol. The van der Waals surface area contributed by atoms with E-state index >= 15 is 0 Å². The number of aromatic nitrogens is 4. The van der Waals surface area contributed by atoms with Gasteiger partial charge in [0.25, 0.3) is 0 Å². The van der Waals surface area contributed by atoms with E-state index in [0.717, 1.165) is 72.5 Å². The van der Waals surface area contributed by atoms with Crippen molar-refractivity contribution in [3.05, 3.63) is 144 Å². The highest BCUT2D eigenvalue weighted by Gasteiger charge is 2.19. The van der Waals surface area contributed by atoms with Gasteiger partial charge < -0.3 is 4.74 Å². The first-order valence-electron chi connectivity index (χ1n) is 16.0. The second-order valence-corrected chi connectivity index (χ2v) is 13.2. The van der Waals surface area contributed by atoms with Gasteiger partial charge in [0.1, 0.15) is 23.6 Å². The van der Waals surface area contributed by atoms with E-state index in [4.69, 9.17) is 9.72 Å². The number of hydrogen-bond acceptors (Lipinski definition) is 4. The molecular formula is C42H33N5O. The van der Waals surface area contributed by atoms with E-state index in [2.05, 4.69) is 102 Å². The van der Waals surface area contributed by atoms with Gasteiger partial charge in [-0.05, 0) is 107 Å². The van der Waals surface area contributed by atoms with Gasteiger partial charge in [0.15, 0.2) is 0 Å². The Balaban J connectivity index is 1.28. The Morgan fingerprint density at radius 3 is 2.42 bits per heavy atom. The monoisotopic (exact) mass is 623 g/mol. The first-order chi connectivity index (χ1) is 23.3. The molecule has 0 bridgehead atoms. The fourth-order valence-electron chi connectivity index (χ4n) is 6.49. The lowest BCUT2D eigenvalue weighted by Gasteiger charge is -2.20. The van der Waals surface area contributed by atoms with Gasteiger partial charge in [-0.15, -0.1) is 0 Å². The third-order valence-corrected chi connectivity index (χ3v) is 9.04. The molecule has 6 heteroatoms. The molecule has 0 saturated heterocycles.